The molecule has 0 radical (unpaired) electrons. The van der Waals surface area contributed by atoms with Gasteiger partial charge in [-0.1, -0.05) is 26.0 Å². The van der Waals surface area contributed by atoms with Crippen LogP contribution in [0.1, 0.15) is 38.2 Å². The van der Waals surface area contributed by atoms with E-state index in [0.29, 0.717) is 11.6 Å². The molecule has 1 atom stereocenters. The van der Waals surface area contributed by atoms with E-state index in [9.17, 15) is 13.2 Å². The van der Waals surface area contributed by atoms with Crippen LogP contribution in [0.2, 0.25) is 0 Å². The van der Waals surface area contributed by atoms with E-state index in [-0.39, 0.29) is 12.5 Å². The zero-order valence-electron chi connectivity index (χ0n) is 11.7. The molecule has 0 amide bonds. The summed E-state index contributed by atoms with van der Waals surface area (Å²) in [6.07, 6.45) is -4.13. The van der Waals surface area contributed by atoms with Gasteiger partial charge in [0.2, 0.25) is 0 Å². The van der Waals surface area contributed by atoms with Gasteiger partial charge in [0, 0.05) is 5.69 Å². The summed E-state index contributed by atoms with van der Waals surface area (Å²) >= 11 is 0. The number of alkyl halides is 3. The quantitative estimate of drug-likeness (QED) is 0.638. The van der Waals surface area contributed by atoms with Gasteiger partial charge in [-0.05, 0) is 30.0 Å². The highest BCUT2D eigenvalue weighted by molar-refractivity contribution is 5.92. The van der Waals surface area contributed by atoms with E-state index in [1.165, 1.54) is 5.56 Å². The maximum Gasteiger partial charge on any atom is 0.390 e. The van der Waals surface area contributed by atoms with Crippen molar-refractivity contribution in [3.8, 4) is 0 Å². The fourth-order valence-electron chi connectivity index (χ4n) is 1.62. The Hall–Kier alpha value is -1.72. The van der Waals surface area contributed by atoms with Crippen molar-refractivity contribution in [3.63, 3.8) is 0 Å². The molecular formula is C14H20F3N3. The molecule has 0 aliphatic rings. The van der Waals surface area contributed by atoms with Gasteiger partial charge in [0.25, 0.3) is 0 Å². The second-order valence-electron chi connectivity index (χ2n) is 4.69. The Morgan fingerprint density at radius 3 is 2.40 bits per heavy atom. The Kier molecular flexibility index (Phi) is 5.85. The lowest BCUT2D eigenvalue weighted by Crippen LogP contribution is -2.23. The number of anilines is 1. The van der Waals surface area contributed by atoms with Gasteiger partial charge in [-0.2, -0.15) is 13.2 Å². The molecular weight excluding hydrogens is 267 g/mol. The topological polar surface area (TPSA) is 50.4 Å². The maximum atomic E-state index is 12.0. The van der Waals surface area contributed by atoms with E-state index < -0.39 is 12.6 Å². The number of halogens is 3. The number of aliphatic imine (C=N–C) groups is 1. The van der Waals surface area contributed by atoms with Crippen molar-refractivity contribution in [2.45, 2.75) is 38.8 Å². The number of hydrogen-bond donors (Lipinski definition) is 2. The first kappa shape index (κ1) is 16.3. The van der Waals surface area contributed by atoms with Gasteiger partial charge in [0.05, 0.1) is 13.0 Å². The predicted molar refractivity (Wildman–Crippen MR) is 75.9 cm³/mol. The summed E-state index contributed by atoms with van der Waals surface area (Å²) in [5.74, 6) is 0.465. The lowest BCUT2D eigenvalue weighted by Gasteiger charge is -2.11. The van der Waals surface area contributed by atoms with E-state index in [4.69, 9.17) is 5.73 Å². The Bertz CT molecular complexity index is 438. The van der Waals surface area contributed by atoms with E-state index in [0.717, 1.165) is 6.42 Å². The van der Waals surface area contributed by atoms with Crippen LogP contribution in [-0.4, -0.2) is 18.7 Å². The Balaban J connectivity index is 2.53. The SMILES string of the molecule is CCC(C)c1ccc(NC(N)=NCCC(F)(F)F)cc1. The van der Waals surface area contributed by atoms with Crippen LogP contribution in [0.15, 0.2) is 29.3 Å². The predicted octanol–water partition coefficient (Wildman–Crippen LogP) is 3.88. The number of rotatable bonds is 5. The fraction of sp³-hybridized carbons (Fsp3) is 0.500. The van der Waals surface area contributed by atoms with Gasteiger partial charge in [0.1, 0.15) is 0 Å². The maximum absolute atomic E-state index is 12.0. The Morgan fingerprint density at radius 2 is 1.90 bits per heavy atom. The van der Waals surface area contributed by atoms with Crippen molar-refractivity contribution in [1.82, 2.24) is 0 Å². The summed E-state index contributed by atoms with van der Waals surface area (Å²) in [5.41, 5.74) is 7.46. The number of nitrogens with two attached hydrogens (primary N) is 1. The van der Waals surface area contributed by atoms with Crippen molar-refractivity contribution in [2.75, 3.05) is 11.9 Å². The number of nitrogens with one attached hydrogen (secondary N) is 1. The van der Waals surface area contributed by atoms with Crippen LogP contribution in [0.25, 0.3) is 0 Å². The molecule has 0 aromatic heterocycles. The van der Waals surface area contributed by atoms with Crippen molar-refractivity contribution in [3.05, 3.63) is 29.8 Å². The molecule has 112 valence electrons. The lowest BCUT2D eigenvalue weighted by atomic mass is 9.99. The summed E-state index contributed by atoms with van der Waals surface area (Å²) in [4.78, 5) is 3.64. The summed E-state index contributed by atoms with van der Waals surface area (Å²) in [7, 11) is 0. The van der Waals surface area contributed by atoms with Gasteiger partial charge < -0.3 is 11.1 Å². The third-order valence-electron chi connectivity index (χ3n) is 3.04. The van der Waals surface area contributed by atoms with Crippen LogP contribution in [0.3, 0.4) is 0 Å². The molecule has 0 aliphatic carbocycles. The summed E-state index contributed by atoms with van der Waals surface area (Å²) in [6.45, 7) is 3.88. The Morgan fingerprint density at radius 1 is 1.30 bits per heavy atom. The molecule has 1 aromatic carbocycles. The number of nitrogens with zero attached hydrogens (tertiary/aromatic N) is 1. The van der Waals surface area contributed by atoms with E-state index in [1.54, 1.807) is 0 Å². The second-order valence-corrected chi connectivity index (χ2v) is 4.69. The minimum absolute atomic E-state index is 0.00876. The highest BCUT2D eigenvalue weighted by Crippen LogP contribution is 2.21. The standard InChI is InChI=1S/C14H20F3N3/c1-3-10(2)11-4-6-12(7-5-11)20-13(18)19-9-8-14(15,16)17/h4-7,10H,3,8-9H2,1-2H3,(H3,18,19,20). The number of hydrogen-bond acceptors (Lipinski definition) is 1. The largest absolute Gasteiger partial charge is 0.390 e. The summed E-state index contributed by atoms with van der Waals surface area (Å²) in [5, 5.41) is 2.77. The molecule has 0 bridgehead atoms. The molecule has 0 spiro atoms. The van der Waals surface area contributed by atoms with Crippen LogP contribution in [-0.2, 0) is 0 Å². The van der Waals surface area contributed by atoms with Crippen LogP contribution in [0.5, 0.6) is 0 Å². The summed E-state index contributed by atoms with van der Waals surface area (Å²) < 4.78 is 35.9. The molecule has 1 rings (SSSR count). The van der Waals surface area contributed by atoms with Crippen molar-refractivity contribution in [2.24, 2.45) is 10.7 Å². The fourth-order valence-corrected chi connectivity index (χ4v) is 1.62. The van der Waals surface area contributed by atoms with Crippen LogP contribution in [0.4, 0.5) is 18.9 Å². The third-order valence-corrected chi connectivity index (χ3v) is 3.04. The third kappa shape index (κ3) is 5.95. The Labute approximate surface area is 117 Å². The highest BCUT2D eigenvalue weighted by atomic mass is 19.4. The van der Waals surface area contributed by atoms with E-state index in [2.05, 4.69) is 24.2 Å². The van der Waals surface area contributed by atoms with Gasteiger partial charge >= 0.3 is 6.18 Å². The molecule has 3 nitrogen and oxygen atoms in total. The van der Waals surface area contributed by atoms with Crippen molar-refractivity contribution < 1.29 is 13.2 Å². The van der Waals surface area contributed by atoms with Gasteiger partial charge in [-0.25, -0.2) is 0 Å². The molecule has 20 heavy (non-hydrogen) atoms. The molecule has 0 heterocycles. The van der Waals surface area contributed by atoms with Crippen LogP contribution in [0, 0.1) is 0 Å². The van der Waals surface area contributed by atoms with Crippen LogP contribution < -0.4 is 11.1 Å². The van der Waals surface area contributed by atoms with Crippen molar-refractivity contribution in [1.29, 1.82) is 0 Å². The minimum atomic E-state index is -4.21. The first-order valence-corrected chi connectivity index (χ1v) is 6.55. The molecule has 0 aliphatic heterocycles. The van der Waals surface area contributed by atoms with Crippen molar-refractivity contribution >= 4 is 11.6 Å². The minimum Gasteiger partial charge on any atom is -0.370 e. The van der Waals surface area contributed by atoms with E-state index in [1.807, 2.05) is 24.3 Å². The van der Waals surface area contributed by atoms with Gasteiger partial charge in [-0.3, -0.25) is 4.99 Å². The molecule has 1 aromatic rings. The average Bonchev–Trinajstić information content (AvgIpc) is 2.37. The molecule has 6 heteroatoms. The lowest BCUT2D eigenvalue weighted by molar-refractivity contribution is -0.132. The average molecular weight is 287 g/mol. The monoisotopic (exact) mass is 287 g/mol. The molecule has 0 fully saturated rings. The number of benzene rings is 1. The molecule has 0 saturated carbocycles. The van der Waals surface area contributed by atoms with Gasteiger partial charge in [0.15, 0.2) is 5.96 Å². The number of guanidine groups is 1. The zero-order valence-corrected chi connectivity index (χ0v) is 11.7. The van der Waals surface area contributed by atoms with Gasteiger partial charge in [-0.15, -0.1) is 0 Å². The second kappa shape index (κ2) is 7.17. The first-order chi connectivity index (χ1) is 9.31. The van der Waals surface area contributed by atoms with Crippen LogP contribution >= 0.6 is 0 Å². The smallest absolute Gasteiger partial charge is 0.370 e. The normalized spacial score (nSPS) is 14.2. The summed E-state index contributed by atoms with van der Waals surface area (Å²) in [6, 6.07) is 7.63. The zero-order chi connectivity index (χ0) is 15.2. The first-order valence-electron chi connectivity index (χ1n) is 6.55. The van der Waals surface area contributed by atoms with E-state index >= 15 is 0 Å². The molecule has 0 saturated heterocycles. The molecule has 3 N–H and O–H groups in total. The molecule has 1 unspecified atom stereocenters. The highest BCUT2D eigenvalue weighted by Gasteiger charge is 2.26.